The molecule has 0 radical (unpaired) electrons. The maximum absolute atomic E-state index is 11.8. The first-order chi connectivity index (χ1) is 8.99. The van der Waals surface area contributed by atoms with Gasteiger partial charge in [0.05, 0.1) is 12.2 Å². The van der Waals surface area contributed by atoms with Crippen molar-refractivity contribution in [3.8, 4) is 0 Å². The van der Waals surface area contributed by atoms with E-state index in [9.17, 15) is 9.59 Å². The number of rotatable bonds is 4. The van der Waals surface area contributed by atoms with Crippen LogP contribution in [0.25, 0.3) is 0 Å². The molecule has 2 rings (SSSR count). The number of nitrogens with zero attached hydrogens (tertiary/aromatic N) is 1. The number of amides is 1. The second-order valence-corrected chi connectivity index (χ2v) is 5.43. The van der Waals surface area contributed by atoms with Gasteiger partial charge >= 0.3 is 5.97 Å². The van der Waals surface area contributed by atoms with E-state index in [1.807, 2.05) is 0 Å². The van der Waals surface area contributed by atoms with Crippen LogP contribution in [-0.4, -0.2) is 35.1 Å². The number of nitrogens with one attached hydrogen (secondary N) is 2. The molecule has 0 unspecified atom stereocenters. The highest BCUT2D eigenvalue weighted by molar-refractivity contribution is 7.13. The van der Waals surface area contributed by atoms with Gasteiger partial charge in [0.1, 0.15) is 9.88 Å². The van der Waals surface area contributed by atoms with Crippen LogP contribution in [0.5, 0.6) is 0 Å². The number of hydrogen-bond donors (Lipinski definition) is 3. The van der Waals surface area contributed by atoms with E-state index in [-0.39, 0.29) is 17.3 Å². The summed E-state index contributed by atoms with van der Waals surface area (Å²) in [6.45, 7) is 5.23. The summed E-state index contributed by atoms with van der Waals surface area (Å²) in [6.07, 6.45) is 0. The van der Waals surface area contributed by atoms with Gasteiger partial charge in [-0.2, -0.15) is 0 Å². The van der Waals surface area contributed by atoms with Crippen molar-refractivity contribution in [1.82, 2.24) is 15.6 Å². The normalized spacial score (nSPS) is 13.9. The second-order valence-electron chi connectivity index (χ2n) is 4.34. The van der Waals surface area contributed by atoms with E-state index >= 15 is 0 Å². The maximum atomic E-state index is 11.8. The minimum absolute atomic E-state index is 0.124. The molecule has 7 heteroatoms. The molecule has 0 aromatic carbocycles. The van der Waals surface area contributed by atoms with Gasteiger partial charge in [0.15, 0.2) is 0 Å². The number of hydrogen-bond acceptors (Lipinski definition) is 5. The molecule has 1 saturated heterocycles. The zero-order chi connectivity index (χ0) is 14.0. The highest BCUT2D eigenvalue weighted by Crippen LogP contribution is 2.18. The highest BCUT2D eigenvalue weighted by atomic mass is 32.1. The molecule has 1 aliphatic heterocycles. The molecule has 102 valence electrons. The average Bonchev–Trinajstić information content (AvgIpc) is 2.65. The maximum Gasteiger partial charge on any atom is 0.347 e. The topological polar surface area (TPSA) is 91.3 Å². The lowest BCUT2D eigenvalue weighted by molar-refractivity contribution is -0.117. The molecule has 1 aromatic rings. The lowest BCUT2D eigenvalue weighted by Gasteiger charge is -2.21. The molecule has 0 saturated carbocycles. The third-order valence-electron chi connectivity index (χ3n) is 2.98. The number of carboxylic acids is 1. The van der Waals surface area contributed by atoms with Crippen LogP contribution in [0.2, 0.25) is 0 Å². The van der Waals surface area contributed by atoms with E-state index in [1.165, 1.54) is 0 Å². The lowest BCUT2D eigenvalue weighted by Crippen LogP contribution is -2.37. The summed E-state index contributed by atoms with van der Waals surface area (Å²) < 4.78 is 0. The summed E-state index contributed by atoms with van der Waals surface area (Å²) in [6, 6.07) is 0. The number of aryl methyl sites for hydroxylation is 1. The fraction of sp³-hybridized carbons (Fsp3) is 0.417. The quantitative estimate of drug-likeness (QED) is 0.706. The van der Waals surface area contributed by atoms with E-state index in [1.54, 1.807) is 13.8 Å². The largest absolute Gasteiger partial charge is 0.477 e. The summed E-state index contributed by atoms with van der Waals surface area (Å²) in [5, 5.41) is 15.4. The molecule has 1 aliphatic rings. The molecule has 1 amide bonds. The van der Waals surface area contributed by atoms with Crippen LogP contribution in [-0.2, 0) is 11.3 Å². The third-order valence-corrected chi connectivity index (χ3v) is 4.13. The first-order valence-electron chi connectivity index (χ1n) is 5.86. The van der Waals surface area contributed by atoms with Crippen LogP contribution in [0.15, 0.2) is 11.1 Å². The van der Waals surface area contributed by atoms with Crippen LogP contribution in [0.1, 0.15) is 27.3 Å². The van der Waals surface area contributed by atoms with Crippen molar-refractivity contribution in [2.24, 2.45) is 0 Å². The molecule has 1 fully saturated rings. The van der Waals surface area contributed by atoms with Gasteiger partial charge in [-0.15, -0.1) is 11.3 Å². The highest BCUT2D eigenvalue weighted by Gasteiger charge is 2.17. The smallest absolute Gasteiger partial charge is 0.347 e. The number of carboxylic acid groups (broad SMARTS) is 1. The molecule has 0 aliphatic carbocycles. The van der Waals surface area contributed by atoms with Gasteiger partial charge in [0.2, 0.25) is 5.91 Å². The van der Waals surface area contributed by atoms with Gasteiger partial charge < -0.3 is 15.7 Å². The number of carbonyl (C=O) groups is 2. The van der Waals surface area contributed by atoms with Crippen LogP contribution in [0.3, 0.4) is 0 Å². The summed E-state index contributed by atoms with van der Waals surface area (Å²) in [7, 11) is 0. The molecule has 19 heavy (non-hydrogen) atoms. The van der Waals surface area contributed by atoms with Crippen LogP contribution < -0.4 is 10.6 Å². The van der Waals surface area contributed by atoms with Gasteiger partial charge in [-0.25, -0.2) is 9.78 Å². The SMILES string of the molecule is CC(C(=O)NCc1nc(C)c(C(=O)O)s1)=C1CNC1. The van der Waals surface area contributed by atoms with Gasteiger partial charge in [0, 0.05) is 18.7 Å². The van der Waals surface area contributed by atoms with E-state index in [0.717, 1.165) is 35.6 Å². The third kappa shape index (κ3) is 2.99. The van der Waals surface area contributed by atoms with Crippen molar-refractivity contribution in [3.63, 3.8) is 0 Å². The second kappa shape index (κ2) is 5.50. The van der Waals surface area contributed by atoms with E-state index in [4.69, 9.17) is 5.11 Å². The van der Waals surface area contributed by atoms with Crippen molar-refractivity contribution in [2.45, 2.75) is 20.4 Å². The Kier molecular flexibility index (Phi) is 3.96. The van der Waals surface area contributed by atoms with Crippen molar-refractivity contribution in [3.05, 3.63) is 26.7 Å². The number of carbonyl (C=O) groups excluding carboxylic acids is 1. The fourth-order valence-electron chi connectivity index (χ4n) is 1.69. The molecule has 0 bridgehead atoms. The zero-order valence-electron chi connectivity index (χ0n) is 10.7. The minimum atomic E-state index is -0.980. The fourth-order valence-corrected chi connectivity index (χ4v) is 2.53. The van der Waals surface area contributed by atoms with E-state index in [2.05, 4.69) is 15.6 Å². The monoisotopic (exact) mass is 281 g/mol. The number of thiazole rings is 1. The molecule has 2 heterocycles. The van der Waals surface area contributed by atoms with Crippen molar-refractivity contribution < 1.29 is 14.7 Å². The standard InChI is InChI=1S/C12H15N3O3S/c1-6(8-3-13-4-8)11(16)14-5-9-15-7(2)10(19-9)12(17)18/h13H,3-5H2,1-2H3,(H,14,16)(H,17,18). The Morgan fingerprint density at radius 3 is 2.63 bits per heavy atom. The zero-order valence-corrected chi connectivity index (χ0v) is 11.6. The van der Waals surface area contributed by atoms with Gasteiger partial charge in [-0.1, -0.05) is 0 Å². The minimum Gasteiger partial charge on any atom is -0.477 e. The Balaban J connectivity index is 1.97. The Labute approximate surface area is 114 Å². The predicted octanol–water partition coefficient (Wildman–Crippen LogP) is 0.686. The first kappa shape index (κ1) is 13.7. The van der Waals surface area contributed by atoms with Crippen LogP contribution >= 0.6 is 11.3 Å². The van der Waals surface area contributed by atoms with Crippen molar-refractivity contribution in [1.29, 1.82) is 0 Å². The summed E-state index contributed by atoms with van der Waals surface area (Å²) >= 11 is 1.10. The van der Waals surface area contributed by atoms with Crippen LogP contribution in [0.4, 0.5) is 0 Å². The molecular weight excluding hydrogens is 266 g/mol. The molecular formula is C12H15N3O3S. The molecule has 0 atom stereocenters. The average molecular weight is 281 g/mol. The Bertz CT molecular complexity index is 557. The number of aromatic nitrogens is 1. The Morgan fingerprint density at radius 1 is 1.47 bits per heavy atom. The van der Waals surface area contributed by atoms with Crippen LogP contribution in [0, 0.1) is 6.92 Å². The van der Waals surface area contributed by atoms with E-state index < -0.39 is 5.97 Å². The van der Waals surface area contributed by atoms with Crippen molar-refractivity contribution >= 4 is 23.2 Å². The summed E-state index contributed by atoms with van der Waals surface area (Å²) in [5.41, 5.74) is 2.32. The summed E-state index contributed by atoms with van der Waals surface area (Å²) in [5.74, 6) is -1.10. The number of aromatic carboxylic acids is 1. The van der Waals surface area contributed by atoms with E-state index in [0.29, 0.717) is 10.7 Å². The molecule has 3 N–H and O–H groups in total. The van der Waals surface area contributed by atoms with Gasteiger partial charge in [-0.3, -0.25) is 4.79 Å². The molecule has 0 spiro atoms. The van der Waals surface area contributed by atoms with Gasteiger partial charge in [0.25, 0.3) is 0 Å². The summed E-state index contributed by atoms with van der Waals surface area (Å²) in [4.78, 5) is 27.1. The van der Waals surface area contributed by atoms with Gasteiger partial charge in [-0.05, 0) is 19.4 Å². The molecule has 6 nitrogen and oxygen atoms in total. The Morgan fingerprint density at radius 2 is 2.16 bits per heavy atom. The lowest BCUT2D eigenvalue weighted by atomic mass is 10.0. The van der Waals surface area contributed by atoms with Crippen molar-refractivity contribution in [2.75, 3.05) is 13.1 Å². The Hall–Kier alpha value is -1.73. The predicted molar refractivity (Wildman–Crippen MR) is 71.2 cm³/mol. The molecule has 1 aromatic heterocycles. The first-order valence-corrected chi connectivity index (χ1v) is 6.68.